The van der Waals surface area contributed by atoms with E-state index < -0.39 is 42.0 Å². The maximum Gasteiger partial charge on any atom is 0.573 e. The minimum atomic E-state index is -4.80. The number of nitrogens with zero attached hydrogens (tertiary/aromatic N) is 3. The fourth-order valence-electron chi connectivity index (χ4n) is 11.9. The van der Waals surface area contributed by atoms with Crippen molar-refractivity contribution < 1.29 is 74.1 Å². The predicted molar refractivity (Wildman–Crippen MR) is 309 cm³/mol. The van der Waals surface area contributed by atoms with Gasteiger partial charge in [-0.25, -0.2) is 0 Å². The highest BCUT2D eigenvalue weighted by molar-refractivity contribution is 6.46. The van der Waals surface area contributed by atoms with Crippen molar-refractivity contribution in [3.8, 4) is 11.5 Å². The molecule has 3 N–H and O–H groups in total. The molecule has 4 aromatic carbocycles. The highest BCUT2D eigenvalue weighted by Crippen LogP contribution is 2.48. The maximum absolute atomic E-state index is 13.9. The van der Waals surface area contributed by atoms with Gasteiger partial charge in [-0.2, -0.15) is 0 Å². The van der Waals surface area contributed by atoms with Crippen molar-refractivity contribution >= 4 is 41.3 Å². The molecule has 86 heavy (non-hydrogen) atoms. The van der Waals surface area contributed by atoms with Crippen LogP contribution < -0.4 is 25.4 Å². The van der Waals surface area contributed by atoms with E-state index in [0.717, 1.165) is 49.7 Å². The van der Waals surface area contributed by atoms with E-state index in [-0.39, 0.29) is 77.6 Å². The molecule has 2 aliphatic carbocycles. The van der Waals surface area contributed by atoms with Gasteiger partial charge in [0.05, 0.1) is 32.7 Å². The molecule has 1 unspecified atom stereocenters. The number of ether oxygens (including phenoxy) is 4. The molecule has 3 fully saturated rings. The van der Waals surface area contributed by atoms with Crippen LogP contribution in [0.4, 0.5) is 26.3 Å². The highest BCUT2D eigenvalue weighted by Gasteiger charge is 2.53. The molecule has 1 saturated heterocycles. The second-order valence-electron chi connectivity index (χ2n) is 24.5. The largest absolute Gasteiger partial charge is 0.573 e. The summed E-state index contributed by atoms with van der Waals surface area (Å²) in [5.41, 5.74) is 3.08. The van der Waals surface area contributed by atoms with Crippen molar-refractivity contribution in [2.24, 2.45) is 27.7 Å². The molecule has 22 heteroatoms. The van der Waals surface area contributed by atoms with E-state index in [1.165, 1.54) is 62.8 Å². The zero-order valence-corrected chi connectivity index (χ0v) is 50.0. The summed E-state index contributed by atoms with van der Waals surface area (Å²) in [6, 6.07) is 24.2. The molecule has 0 bridgehead atoms. The van der Waals surface area contributed by atoms with E-state index >= 15 is 0 Å². The van der Waals surface area contributed by atoms with E-state index in [0.29, 0.717) is 72.9 Å². The number of benzene rings is 4. The van der Waals surface area contributed by atoms with Gasteiger partial charge in [-0.05, 0) is 164 Å². The summed E-state index contributed by atoms with van der Waals surface area (Å²) >= 11 is 0. The number of hydrogen-bond donors (Lipinski definition) is 3. The molecule has 0 radical (unpaired) electrons. The quantitative estimate of drug-likeness (QED) is 0.0634. The fraction of sp³-hybridized carbons (Fsp3) is 0.516. The van der Waals surface area contributed by atoms with Crippen LogP contribution in [-0.2, 0) is 41.5 Å². The fourth-order valence-corrected chi connectivity index (χ4v) is 11.9. The minimum Gasteiger partial charge on any atom is -0.469 e. The molecule has 16 nitrogen and oxygen atoms in total. The van der Waals surface area contributed by atoms with Crippen molar-refractivity contribution in [3.63, 3.8) is 0 Å². The first-order valence-electron chi connectivity index (χ1n) is 29.0. The monoisotopic (exact) mass is 1200 g/mol. The molecule has 4 amide bonds. The zero-order valence-electron chi connectivity index (χ0n) is 50.0. The molecule has 8 rings (SSSR count). The molecule has 2 heterocycles. The summed E-state index contributed by atoms with van der Waals surface area (Å²) in [7, 11) is 2.58. The molecule has 466 valence electrons. The van der Waals surface area contributed by atoms with Gasteiger partial charge < -0.3 is 39.4 Å². The van der Waals surface area contributed by atoms with Crippen molar-refractivity contribution in [2.45, 2.75) is 149 Å². The minimum absolute atomic E-state index is 0.0813. The van der Waals surface area contributed by atoms with Crippen LogP contribution in [0.1, 0.15) is 155 Å². The van der Waals surface area contributed by atoms with Crippen LogP contribution in [0.3, 0.4) is 0 Å². The van der Waals surface area contributed by atoms with Gasteiger partial charge in [-0.1, -0.05) is 77.9 Å². The number of aliphatic imine (C=N–C) groups is 1. The lowest BCUT2D eigenvalue weighted by Gasteiger charge is -2.46. The molecule has 4 aliphatic rings. The topological polar surface area (TPSA) is 194 Å². The lowest BCUT2D eigenvalue weighted by molar-refractivity contribution is -0.275. The molecule has 2 aliphatic heterocycles. The number of alkyl halides is 6. The zero-order chi connectivity index (χ0) is 62.8. The lowest BCUT2D eigenvalue weighted by atomic mass is 9.69. The lowest BCUT2D eigenvalue weighted by Crippen LogP contribution is -2.55. The maximum atomic E-state index is 13.9. The first-order valence-corrected chi connectivity index (χ1v) is 29.0. The van der Waals surface area contributed by atoms with Gasteiger partial charge in [0.2, 0.25) is 5.91 Å². The Morgan fingerprint density at radius 2 is 0.988 bits per heavy atom. The van der Waals surface area contributed by atoms with E-state index in [4.69, 9.17) is 4.99 Å². The van der Waals surface area contributed by atoms with Crippen molar-refractivity contribution in [1.29, 1.82) is 0 Å². The number of methoxy groups -OCH3 is 2. The van der Waals surface area contributed by atoms with Crippen molar-refractivity contribution in [2.75, 3.05) is 40.4 Å². The predicted octanol–water partition coefficient (Wildman–Crippen LogP) is 11.2. The third-order valence-corrected chi connectivity index (χ3v) is 16.9. The van der Waals surface area contributed by atoms with Gasteiger partial charge in [0.1, 0.15) is 28.9 Å². The Labute approximate surface area is 498 Å². The van der Waals surface area contributed by atoms with Gasteiger partial charge in [0.15, 0.2) is 0 Å². The normalized spacial score (nSPS) is 21.6. The van der Waals surface area contributed by atoms with Crippen molar-refractivity contribution in [3.05, 3.63) is 130 Å². The average molecular weight is 1210 g/mol. The van der Waals surface area contributed by atoms with Gasteiger partial charge in [0.25, 0.3) is 17.7 Å². The molecule has 1 atom stereocenters. The van der Waals surface area contributed by atoms with Gasteiger partial charge in [-0.3, -0.25) is 39.1 Å². The number of carbonyl (C=O) groups is 6. The number of halogens is 6. The summed E-state index contributed by atoms with van der Waals surface area (Å²) in [4.78, 5) is 83.7. The Hall–Kier alpha value is -7.49. The van der Waals surface area contributed by atoms with E-state index in [1.807, 2.05) is 34.1 Å². The SMILES string of the molecule is COC(=O)CCNC(=O)c1ccc(CCN2C(=O)C(c3ccc(OC(F)(F)F)cc3)=NC23CCC(C(C)(C)C)CC3)cc1.COC(=O)CCNC(=O)c1ccc(CCN2C(=O)C(c3ccc(OC(F)(F)F)cc3)NC23CCC(C(C)(C)C)CC3)cc1. The van der Waals surface area contributed by atoms with Crippen LogP contribution in [0.15, 0.2) is 102 Å². The van der Waals surface area contributed by atoms with Crippen LogP contribution in [0.25, 0.3) is 0 Å². The number of nitrogens with one attached hydrogen (secondary N) is 3. The first kappa shape index (κ1) is 66.0. The molecule has 4 aromatic rings. The van der Waals surface area contributed by atoms with E-state index in [1.54, 1.807) is 24.3 Å². The summed E-state index contributed by atoms with van der Waals surface area (Å²) in [5, 5.41) is 8.95. The Morgan fingerprint density at radius 1 is 0.581 bits per heavy atom. The van der Waals surface area contributed by atoms with E-state index in [2.05, 4.69) is 76.4 Å². The van der Waals surface area contributed by atoms with E-state index in [9.17, 15) is 55.1 Å². The van der Waals surface area contributed by atoms with Crippen LogP contribution in [0.2, 0.25) is 0 Å². The van der Waals surface area contributed by atoms with Crippen LogP contribution >= 0.6 is 0 Å². The number of carbonyl (C=O) groups excluding carboxylic acids is 6. The Kier molecular flexibility index (Phi) is 21.1. The second kappa shape index (κ2) is 27.5. The molecular weight excluding hydrogens is 1130 g/mol. The van der Waals surface area contributed by atoms with Gasteiger partial charge in [-0.15, -0.1) is 26.3 Å². The Balaban J connectivity index is 0.000000246. The number of rotatable bonds is 18. The number of esters is 2. The molecule has 0 aromatic heterocycles. The summed E-state index contributed by atoms with van der Waals surface area (Å²) in [5.74, 6) is -1.46. The Bertz CT molecular complexity index is 2950. The van der Waals surface area contributed by atoms with Crippen molar-refractivity contribution in [1.82, 2.24) is 25.8 Å². The average Bonchev–Trinajstić information content (AvgIpc) is 1.62. The molecule has 2 saturated carbocycles. The second-order valence-corrected chi connectivity index (χ2v) is 24.5. The van der Waals surface area contributed by atoms with Crippen LogP contribution in [0, 0.1) is 22.7 Å². The summed E-state index contributed by atoms with van der Waals surface area (Å²) in [6.07, 6.45) is -1.68. The molecule has 2 spiro atoms. The summed E-state index contributed by atoms with van der Waals surface area (Å²) < 4.78 is 93.0. The van der Waals surface area contributed by atoms with Crippen LogP contribution in [0.5, 0.6) is 11.5 Å². The first-order chi connectivity index (χ1) is 40.4. The third kappa shape index (κ3) is 17.4. The smallest absolute Gasteiger partial charge is 0.469 e. The number of amides is 4. The highest BCUT2D eigenvalue weighted by atomic mass is 19.4. The number of hydrogen-bond acceptors (Lipinski definition) is 12. The molecular formula is C64H78F6N6O10. The van der Waals surface area contributed by atoms with Gasteiger partial charge in [0, 0.05) is 42.9 Å². The Morgan fingerprint density at radius 3 is 1.40 bits per heavy atom. The van der Waals surface area contributed by atoms with Gasteiger partial charge >= 0.3 is 24.7 Å². The standard InChI is InChI=1S/C32H40F3N3O5.C32H38F3N3O5/c2*1-30(2,3)24-13-17-31(18-14-24)37-27(22-9-11-25(12-10-22)43-32(33,34)35)29(41)38(31)20-16-21-5-7-23(8-6-21)28(40)36-19-15-26(39)42-4/h5-12,24,27,37H,13-20H2,1-4H3,(H,36,40);5-12,24H,13-20H2,1-4H3,(H,36,40). The van der Waals surface area contributed by atoms with Crippen LogP contribution in [-0.4, -0.2) is 116 Å². The summed E-state index contributed by atoms with van der Waals surface area (Å²) in [6.45, 7) is 14.5. The third-order valence-electron chi connectivity index (χ3n) is 16.9.